The van der Waals surface area contributed by atoms with Crippen LogP contribution in [0.15, 0.2) is 11.8 Å². The Balaban J connectivity index is 3.86. The molecule has 0 rings (SSSR count). The molecule has 64 valence electrons. The van der Waals surface area contributed by atoms with Crippen LogP contribution >= 0.6 is 0 Å². The van der Waals surface area contributed by atoms with Crippen molar-refractivity contribution in [1.82, 2.24) is 5.32 Å². The van der Waals surface area contributed by atoms with Crippen LogP contribution in [0.3, 0.4) is 0 Å². The molecule has 1 N–H and O–H groups in total. The van der Waals surface area contributed by atoms with E-state index in [1.54, 1.807) is 7.05 Å². The van der Waals surface area contributed by atoms with Gasteiger partial charge in [0.25, 0.3) is 0 Å². The summed E-state index contributed by atoms with van der Waals surface area (Å²) in [6.45, 7) is 5.45. The van der Waals surface area contributed by atoms with Gasteiger partial charge in [-0.05, 0) is 20.8 Å². The van der Waals surface area contributed by atoms with Crippen molar-refractivity contribution in [2.75, 3.05) is 7.05 Å². The number of hydrogen-bond donors (Lipinski definition) is 1. The maximum atomic E-state index is 10.9. The highest BCUT2D eigenvalue weighted by Crippen LogP contribution is 1.92. The summed E-state index contributed by atoms with van der Waals surface area (Å²) in [5.74, 6) is -0.299. The molecule has 0 heterocycles. The summed E-state index contributed by atoms with van der Waals surface area (Å²) in [4.78, 5) is 10.9. The Kier molecular flexibility index (Phi) is 4.34. The third kappa shape index (κ3) is 5.45. The van der Waals surface area contributed by atoms with E-state index in [0.29, 0.717) is 0 Å². The summed E-state index contributed by atoms with van der Waals surface area (Å²) in [6, 6.07) is 0. The van der Waals surface area contributed by atoms with E-state index in [-0.39, 0.29) is 12.1 Å². The molecular formula is C8H15NO2. The van der Waals surface area contributed by atoms with E-state index in [2.05, 4.69) is 5.32 Å². The molecule has 0 amide bonds. The molecule has 0 aliphatic heterocycles. The first-order valence-corrected chi connectivity index (χ1v) is 3.63. The van der Waals surface area contributed by atoms with Gasteiger partial charge < -0.3 is 10.1 Å². The second kappa shape index (κ2) is 4.77. The lowest BCUT2D eigenvalue weighted by Crippen LogP contribution is -2.11. The van der Waals surface area contributed by atoms with Crippen molar-refractivity contribution < 1.29 is 9.53 Å². The van der Waals surface area contributed by atoms with Crippen molar-refractivity contribution in [2.45, 2.75) is 26.9 Å². The lowest BCUT2D eigenvalue weighted by atomic mass is 10.4. The zero-order valence-corrected chi connectivity index (χ0v) is 7.47. The second-order valence-corrected chi connectivity index (χ2v) is 2.56. The molecule has 11 heavy (non-hydrogen) atoms. The van der Waals surface area contributed by atoms with Crippen LogP contribution in [0.4, 0.5) is 0 Å². The highest BCUT2D eigenvalue weighted by Gasteiger charge is 2.00. The Morgan fingerprint density at radius 3 is 2.45 bits per heavy atom. The van der Waals surface area contributed by atoms with Gasteiger partial charge in [-0.1, -0.05) is 0 Å². The van der Waals surface area contributed by atoms with E-state index in [0.717, 1.165) is 5.70 Å². The average molecular weight is 157 g/mol. The summed E-state index contributed by atoms with van der Waals surface area (Å²) in [7, 11) is 1.76. The standard InChI is InChI=1S/C8H15NO2/c1-6(2)11-8(10)5-7(3)9-4/h5-6,9H,1-4H3/b7-5+. The predicted molar refractivity (Wildman–Crippen MR) is 44.0 cm³/mol. The zero-order valence-electron chi connectivity index (χ0n) is 7.47. The maximum Gasteiger partial charge on any atom is 0.332 e. The lowest BCUT2D eigenvalue weighted by Gasteiger charge is -2.05. The van der Waals surface area contributed by atoms with E-state index in [1.807, 2.05) is 20.8 Å². The Hall–Kier alpha value is -0.990. The molecule has 0 saturated carbocycles. The molecule has 0 aromatic rings. The summed E-state index contributed by atoms with van der Waals surface area (Å²) in [6.07, 6.45) is 1.38. The van der Waals surface area contributed by atoms with Crippen LogP contribution in [0.5, 0.6) is 0 Å². The molecule has 0 radical (unpaired) electrons. The number of carbonyl (C=O) groups excluding carboxylic acids is 1. The molecule has 0 aromatic heterocycles. The van der Waals surface area contributed by atoms with Gasteiger partial charge in [0.15, 0.2) is 0 Å². The van der Waals surface area contributed by atoms with E-state index in [9.17, 15) is 4.79 Å². The Bertz CT molecular complexity index is 161. The van der Waals surface area contributed by atoms with Gasteiger partial charge in [-0.3, -0.25) is 0 Å². The Morgan fingerprint density at radius 1 is 1.55 bits per heavy atom. The molecule has 0 saturated heterocycles. The van der Waals surface area contributed by atoms with E-state index < -0.39 is 0 Å². The van der Waals surface area contributed by atoms with E-state index >= 15 is 0 Å². The fourth-order valence-corrected chi connectivity index (χ4v) is 0.515. The van der Waals surface area contributed by atoms with Crippen molar-refractivity contribution >= 4 is 5.97 Å². The molecule has 0 aliphatic rings. The van der Waals surface area contributed by atoms with Gasteiger partial charge in [0.2, 0.25) is 0 Å². The minimum atomic E-state index is -0.299. The zero-order chi connectivity index (χ0) is 8.85. The fraction of sp³-hybridized carbons (Fsp3) is 0.625. The third-order valence-electron chi connectivity index (χ3n) is 1.08. The monoisotopic (exact) mass is 157 g/mol. The topological polar surface area (TPSA) is 38.3 Å². The normalized spacial score (nSPS) is 11.5. The van der Waals surface area contributed by atoms with Gasteiger partial charge >= 0.3 is 5.97 Å². The number of rotatable bonds is 3. The van der Waals surface area contributed by atoms with Crippen molar-refractivity contribution in [3.8, 4) is 0 Å². The minimum Gasteiger partial charge on any atom is -0.460 e. The molecule has 3 heteroatoms. The number of allylic oxidation sites excluding steroid dienone is 1. The van der Waals surface area contributed by atoms with Crippen molar-refractivity contribution in [3.63, 3.8) is 0 Å². The summed E-state index contributed by atoms with van der Waals surface area (Å²) < 4.78 is 4.87. The van der Waals surface area contributed by atoms with Crippen LogP contribution in [0, 0.1) is 0 Å². The largest absolute Gasteiger partial charge is 0.460 e. The first-order chi connectivity index (χ1) is 5.06. The van der Waals surface area contributed by atoms with E-state index in [4.69, 9.17) is 4.74 Å². The van der Waals surface area contributed by atoms with Crippen molar-refractivity contribution in [2.24, 2.45) is 0 Å². The van der Waals surface area contributed by atoms with Gasteiger partial charge in [0, 0.05) is 18.8 Å². The molecule has 0 atom stereocenters. The smallest absolute Gasteiger partial charge is 0.332 e. The van der Waals surface area contributed by atoms with Gasteiger partial charge in [0.1, 0.15) is 0 Å². The van der Waals surface area contributed by atoms with Gasteiger partial charge in [0.05, 0.1) is 6.10 Å². The van der Waals surface area contributed by atoms with Crippen LogP contribution < -0.4 is 5.32 Å². The third-order valence-corrected chi connectivity index (χ3v) is 1.08. The summed E-state index contributed by atoms with van der Waals surface area (Å²) in [5, 5.41) is 2.83. The van der Waals surface area contributed by atoms with Gasteiger partial charge in [-0.2, -0.15) is 0 Å². The Morgan fingerprint density at radius 2 is 2.09 bits per heavy atom. The quantitative estimate of drug-likeness (QED) is 0.491. The fourth-order valence-electron chi connectivity index (χ4n) is 0.515. The molecular weight excluding hydrogens is 142 g/mol. The number of nitrogens with one attached hydrogen (secondary N) is 1. The molecule has 3 nitrogen and oxygen atoms in total. The molecule has 0 unspecified atom stereocenters. The van der Waals surface area contributed by atoms with Crippen LogP contribution in [0.25, 0.3) is 0 Å². The lowest BCUT2D eigenvalue weighted by molar-refractivity contribution is -0.141. The molecule has 0 bridgehead atoms. The molecule has 0 aromatic carbocycles. The second-order valence-electron chi connectivity index (χ2n) is 2.56. The van der Waals surface area contributed by atoms with Crippen LogP contribution in [-0.2, 0) is 9.53 Å². The first-order valence-electron chi connectivity index (χ1n) is 3.63. The van der Waals surface area contributed by atoms with Gasteiger partial charge in [-0.15, -0.1) is 0 Å². The van der Waals surface area contributed by atoms with Crippen LogP contribution in [-0.4, -0.2) is 19.1 Å². The molecule has 0 spiro atoms. The SMILES string of the molecule is CN/C(C)=C/C(=O)OC(C)C. The van der Waals surface area contributed by atoms with Gasteiger partial charge in [-0.25, -0.2) is 4.79 Å². The number of hydrogen-bond acceptors (Lipinski definition) is 3. The average Bonchev–Trinajstić information content (AvgIpc) is 1.85. The summed E-state index contributed by atoms with van der Waals surface area (Å²) in [5.41, 5.74) is 0.802. The number of carbonyl (C=O) groups is 1. The minimum absolute atomic E-state index is 0.0524. The highest BCUT2D eigenvalue weighted by atomic mass is 16.5. The highest BCUT2D eigenvalue weighted by molar-refractivity contribution is 5.82. The maximum absolute atomic E-state index is 10.9. The Labute approximate surface area is 67.4 Å². The van der Waals surface area contributed by atoms with E-state index in [1.165, 1.54) is 6.08 Å². The number of esters is 1. The van der Waals surface area contributed by atoms with Crippen LogP contribution in [0.2, 0.25) is 0 Å². The summed E-state index contributed by atoms with van der Waals surface area (Å²) >= 11 is 0. The molecule has 0 fully saturated rings. The first kappa shape index (κ1) is 10.0. The predicted octanol–water partition coefficient (Wildman–Crippen LogP) is 1.06. The number of ether oxygens (including phenoxy) is 1. The molecule has 0 aliphatic carbocycles. The van der Waals surface area contributed by atoms with Crippen LogP contribution in [0.1, 0.15) is 20.8 Å². The van der Waals surface area contributed by atoms with Crippen molar-refractivity contribution in [3.05, 3.63) is 11.8 Å². The van der Waals surface area contributed by atoms with Crippen molar-refractivity contribution in [1.29, 1.82) is 0 Å².